The Kier molecular flexibility index (Phi) is 5.16. The molecule has 2 unspecified atom stereocenters. The number of nitrogens with one attached hydrogen (secondary N) is 1. The molecule has 1 N–H and O–H groups in total. The summed E-state index contributed by atoms with van der Waals surface area (Å²) in [4.78, 5) is 4.41. The molecular weight excluding hydrogens is 272 g/mol. The van der Waals surface area contributed by atoms with E-state index in [9.17, 15) is 8.42 Å². The summed E-state index contributed by atoms with van der Waals surface area (Å²) >= 11 is 0. The summed E-state index contributed by atoms with van der Waals surface area (Å²) in [6.07, 6.45) is 5.05. The van der Waals surface area contributed by atoms with Crippen LogP contribution in [-0.4, -0.2) is 37.0 Å². The molecular formula is C15H24N2O2S. The van der Waals surface area contributed by atoms with E-state index >= 15 is 0 Å². The third kappa shape index (κ3) is 3.58. The van der Waals surface area contributed by atoms with E-state index in [1.807, 2.05) is 26.0 Å². The van der Waals surface area contributed by atoms with Crippen LogP contribution in [0.25, 0.3) is 0 Å². The fraction of sp³-hybridized carbons (Fsp3) is 0.667. The monoisotopic (exact) mass is 296 g/mol. The first-order valence-corrected chi connectivity index (χ1v) is 9.11. The lowest BCUT2D eigenvalue weighted by Crippen LogP contribution is -2.48. The van der Waals surface area contributed by atoms with E-state index < -0.39 is 9.84 Å². The number of pyridine rings is 1. The quantitative estimate of drug-likeness (QED) is 0.901. The molecule has 1 fully saturated rings. The molecule has 2 atom stereocenters. The van der Waals surface area contributed by atoms with Gasteiger partial charge in [0.2, 0.25) is 0 Å². The predicted octanol–water partition coefficient (Wildman–Crippen LogP) is 1.88. The van der Waals surface area contributed by atoms with E-state index in [0.717, 1.165) is 37.1 Å². The van der Waals surface area contributed by atoms with Gasteiger partial charge in [0.15, 0.2) is 9.84 Å². The Morgan fingerprint density at radius 3 is 2.90 bits per heavy atom. The van der Waals surface area contributed by atoms with Crippen molar-refractivity contribution in [3.8, 4) is 0 Å². The average molecular weight is 296 g/mol. The number of sulfone groups is 1. The molecule has 1 aromatic rings. The molecule has 0 amide bonds. The summed E-state index contributed by atoms with van der Waals surface area (Å²) in [5.41, 5.74) is 2.13. The maximum atomic E-state index is 12.3. The van der Waals surface area contributed by atoms with Gasteiger partial charge in [-0.25, -0.2) is 8.42 Å². The topological polar surface area (TPSA) is 59.1 Å². The minimum Gasteiger partial charge on any atom is -0.313 e. The predicted molar refractivity (Wildman–Crippen MR) is 81.6 cm³/mol. The number of aromatic nitrogens is 1. The Labute approximate surface area is 121 Å². The van der Waals surface area contributed by atoms with Gasteiger partial charge in [0.25, 0.3) is 0 Å². The van der Waals surface area contributed by atoms with Crippen molar-refractivity contribution in [2.75, 3.05) is 12.3 Å². The van der Waals surface area contributed by atoms with Gasteiger partial charge in [0.1, 0.15) is 0 Å². The summed E-state index contributed by atoms with van der Waals surface area (Å²) in [5.74, 6) is 0.334. The molecule has 112 valence electrons. The lowest BCUT2D eigenvalue weighted by Gasteiger charge is -2.30. The van der Waals surface area contributed by atoms with Crippen LogP contribution >= 0.6 is 0 Å². The normalized spacial score (nSPS) is 23.4. The van der Waals surface area contributed by atoms with Gasteiger partial charge in [-0.05, 0) is 37.9 Å². The minimum atomic E-state index is -2.97. The van der Waals surface area contributed by atoms with Gasteiger partial charge in [-0.15, -0.1) is 0 Å². The van der Waals surface area contributed by atoms with E-state index in [-0.39, 0.29) is 11.3 Å². The van der Waals surface area contributed by atoms with Crippen molar-refractivity contribution >= 4 is 9.84 Å². The Hall–Kier alpha value is -0.940. The molecule has 4 nitrogen and oxygen atoms in total. The number of rotatable bonds is 5. The second-order valence-corrected chi connectivity index (χ2v) is 7.88. The van der Waals surface area contributed by atoms with E-state index in [4.69, 9.17) is 0 Å². The highest BCUT2D eigenvalue weighted by Crippen LogP contribution is 2.24. The van der Waals surface area contributed by atoms with Crippen molar-refractivity contribution in [3.05, 3.63) is 29.6 Å². The van der Waals surface area contributed by atoms with Crippen molar-refractivity contribution in [1.29, 1.82) is 0 Å². The van der Waals surface area contributed by atoms with E-state index in [0.29, 0.717) is 12.2 Å². The number of aryl methyl sites for hydroxylation is 1. The molecule has 0 aliphatic carbocycles. The average Bonchev–Trinajstić information content (AvgIpc) is 2.40. The highest BCUT2D eigenvalue weighted by molar-refractivity contribution is 7.92. The van der Waals surface area contributed by atoms with Crippen molar-refractivity contribution in [1.82, 2.24) is 10.3 Å². The number of likely N-dealkylation sites (N-methyl/N-ethyl adjacent to an activating group) is 1. The Morgan fingerprint density at radius 2 is 2.25 bits per heavy atom. The maximum Gasteiger partial charge on any atom is 0.154 e. The molecule has 0 aromatic carbocycles. The first-order chi connectivity index (χ1) is 9.54. The first-order valence-electron chi connectivity index (χ1n) is 7.40. The van der Waals surface area contributed by atoms with Crippen molar-refractivity contribution in [2.24, 2.45) is 0 Å². The van der Waals surface area contributed by atoms with Crippen molar-refractivity contribution in [3.63, 3.8) is 0 Å². The summed E-state index contributed by atoms with van der Waals surface area (Å²) in [6.45, 7) is 4.83. The highest BCUT2D eigenvalue weighted by atomic mass is 32.2. The van der Waals surface area contributed by atoms with Crippen LogP contribution in [0.1, 0.15) is 37.4 Å². The van der Waals surface area contributed by atoms with Crippen molar-refractivity contribution in [2.45, 2.75) is 50.8 Å². The lowest BCUT2D eigenvalue weighted by molar-refractivity contribution is 0.438. The molecule has 1 aliphatic rings. The molecule has 1 aromatic heterocycles. The van der Waals surface area contributed by atoms with Gasteiger partial charge in [-0.2, -0.15) is 0 Å². The van der Waals surface area contributed by atoms with Crippen LogP contribution < -0.4 is 5.32 Å². The van der Waals surface area contributed by atoms with Gasteiger partial charge in [-0.3, -0.25) is 4.98 Å². The molecule has 0 spiro atoms. The van der Waals surface area contributed by atoms with Crippen LogP contribution in [-0.2, 0) is 16.3 Å². The smallest absolute Gasteiger partial charge is 0.154 e. The Morgan fingerprint density at radius 1 is 1.45 bits per heavy atom. The molecule has 2 rings (SSSR count). The van der Waals surface area contributed by atoms with Gasteiger partial charge in [0, 0.05) is 24.4 Å². The molecule has 0 saturated carbocycles. The van der Waals surface area contributed by atoms with Crippen LogP contribution in [0.4, 0.5) is 0 Å². The molecule has 0 radical (unpaired) electrons. The zero-order chi connectivity index (χ0) is 14.6. The molecule has 2 heterocycles. The zero-order valence-corrected chi connectivity index (χ0v) is 13.1. The molecule has 0 bridgehead atoms. The number of hydrogen-bond donors (Lipinski definition) is 1. The van der Waals surface area contributed by atoms with E-state index in [2.05, 4.69) is 10.3 Å². The SMILES string of the molecule is CCNC(Cc1ncccc1C)C1CCCCS1(=O)=O. The maximum absolute atomic E-state index is 12.3. The van der Waals surface area contributed by atoms with Gasteiger partial charge >= 0.3 is 0 Å². The largest absolute Gasteiger partial charge is 0.313 e. The third-order valence-electron chi connectivity index (χ3n) is 4.07. The van der Waals surface area contributed by atoms with Crippen LogP contribution in [0.2, 0.25) is 0 Å². The fourth-order valence-corrected chi connectivity index (χ4v) is 5.10. The van der Waals surface area contributed by atoms with Crippen molar-refractivity contribution < 1.29 is 8.42 Å². The molecule has 1 aliphatic heterocycles. The fourth-order valence-electron chi connectivity index (χ4n) is 2.97. The Balaban J connectivity index is 2.20. The second-order valence-electron chi connectivity index (χ2n) is 5.54. The zero-order valence-electron chi connectivity index (χ0n) is 12.3. The summed E-state index contributed by atoms with van der Waals surface area (Å²) in [6, 6.07) is 3.91. The third-order valence-corrected chi connectivity index (χ3v) is 6.42. The standard InChI is InChI=1S/C15H24N2O2S/c1-3-16-14(11-13-12(2)7-6-9-17-13)15-8-4-5-10-20(15,18)19/h6-7,9,14-16H,3-5,8,10-11H2,1-2H3. The van der Waals surface area contributed by atoms with Gasteiger partial charge < -0.3 is 5.32 Å². The van der Waals surface area contributed by atoms with E-state index in [1.54, 1.807) is 6.20 Å². The number of nitrogens with zero attached hydrogens (tertiary/aromatic N) is 1. The minimum absolute atomic E-state index is 0.0288. The number of hydrogen-bond acceptors (Lipinski definition) is 4. The highest BCUT2D eigenvalue weighted by Gasteiger charge is 2.35. The van der Waals surface area contributed by atoms with Crippen LogP contribution in [0, 0.1) is 6.92 Å². The molecule has 5 heteroatoms. The Bertz CT molecular complexity index is 543. The van der Waals surface area contributed by atoms with E-state index in [1.165, 1.54) is 0 Å². The first kappa shape index (κ1) is 15.4. The second kappa shape index (κ2) is 6.68. The van der Waals surface area contributed by atoms with Crippen LogP contribution in [0.3, 0.4) is 0 Å². The van der Waals surface area contributed by atoms with Crippen LogP contribution in [0.15, 0.2) is 18.3 Å². The molecule has 1 saturated heterocycles. The summed E-state index contributed by atoms with van der Waals surface area (Å²) in [7, 11) is -2.97. The van der Waals surface area contributed by atoms with Gasteiger partial charge in [0.05, 0.1) is 11.0 Å². The lowest BCUT2D eigenvalue weighted by atomic mass is 10.00. The summed E-state index contributed by atoms with van der Waals surface area (Å²) < 4.78 is 24.6. The summed E-state index contributed by atoms with van der Waals surface area (Å²) in [5, 5.41) is 3.10. The van der Waals surface area contributed by atoms with Gasteiger partial charge in [-0.1, -0.05) is 19.4 Å². The molecule has 20 heavy (non-hydrogen) atoms. The van der Waals surface area contributed by atoms with Crippen LogP contribution in [0.5, 0.6) is 0 Å².